The first-order chi connectivity index (χ1) is 13.6. The summed E-state index contributed by atoms with van der Waals surface area (Å²) in [5.74, 6) is -0.590. The summed E-state index contributed by atoms with van der Waals surface area (Å²) in [6, 6.07) is 16.5. The largest absolute Gasteiger partial charge is 0.343 e. The lowest BCUT2D eigenvalue weighted by Crippen LogP contribution is -2.32. The van der Waals surface area contributed by atoms with Gasteiger partial charge in [-0.05, 0) is 41.3 Å². The zero-order chi connectivity index (χ0) is 19.5. The van der Waals surface area contributed by atoms with E-state index in [0.717, 1.165) is 10.4 Å². The lowest BCUT2D eigenvalue weighted by atomic mass is 10.1. The van der Waals surface area contributed by atoms with Gasteiger partial charge in [0.15, 0.2) is 0 Å². The second kappa shape index (κ2) is 7.74. The van der Waals surface area contributed by atoms with Crippen LogP contribution in [0, 0.1) is 5.82 Å². The standard InChI is InChI=1S/C21H16FN3O2S/c22-15-9-7-14(8-10-15)21(19-6-3-11-28-19)24-20(27)13-25-17-5-2-1-4-16(17)18(26)12-23-25/h1-12,21H,13H2,(H,24,27)/t21-/m0/s1. The van der Waals surface area contributed by atoms with Crippen molar-refractivity contribution < 1.29 is 9.18 Å². The quantitative estimate of drug-likeness (QED) is 0.564. The van der Waals surface area contributed by atoms with E-state index in [1.54, 1.807) is 36.4 Å². The average molecular weight is 393 g/mol. The van der Waals surface area contributed by atoms with Gasteiger partial charge in [-0.1, -0.05) is 30.3 Å². The predicted octanol–water partition coefficient (Wildman–Crippen LogP) is 3.50. The Kier molecular flexibility index (Phi) is 4.99. The summed E-state index contributed by atoms with van der Waals surface area (Å²) in [4.78, 5) is 25.7. The number of amides is 1. The SMILES string of the molecule is O=C(Cn1ncc(=O)c2ccccc21)N[C@@H](c1ccc(F)cc1)c1cccs1. The smallest absolute Gasteiger partial charge is 0.242 e. The third-order valence-corrected chi connectivity index (χ3v) is 5.33. The molecule has 2 heterocycles. The number of carbonyl (C=O) groups is 1. The fraction of sp³-hybridized carbons (Fsp3) is 0.0952. The molecule has 0 unspecified atom stereocenters. The van der Waals surface area contributed by atoms with Crippen LogP contribution in [-0.2, 0) is 11.3 Å². The van der Waals surface area contributed by atoms with Crippen molar-refractivity contribution in [3.63, 3.8) is 0 Å². The normalized spacial score (nSPS) is 12.0. The Labute approximate surface area is 164 Å². The molecule has 5 nitrogen and oxygen atoms in total. The van der Waals surface area contributed by atoms with Crippen LogP contribution in [0.2, 0.25) is 0 Å². The topological polar surface area (TPSA) is 64.0 Å². The number of benzene rings is 2. The van der Waals surface area contributed by atoms with E-state index in [9.17, 15) is 14.0 Å². The number of nitrogens with zero attached hydrogens (tertiary/aromatic N) is 2. The Bertz CT molecular complexity index is 1170. The summed E-state index contributed by atoms with van der Waals surface area (Å²) >= 11 is 1.51. The number of carbonyl (C=O) groups excluding carboxylic acids is 1. The van der Waals surface area contributed by atoms with E-state index in [1.165, 1.54) is 34.3 Å². The van der Waals surface area contributed by atoms with Crippen LogP contribution in [0.5, 0.6) is 0 Å². The van der Waals surface area contributed by atoms with Crippen molar-refractivity contribution in [1.82, 2.24) is 15.1 Å². The third kappa shape index (κ3) is 3.70. The summed E-state index contributed by atoms with van der Waals surface area (Å²) < 4.78 is 14.8. The van der Waals surface area contributed by atoms with E-state index in [-0.39, 0.29) is 23.7 Å². The summed E-state index contributed by atoms with van der Waals surface area (Å²) in [7, 11) is 0. The van der Waals surface area contributed by atoms with Crippen LogP contribution in [-0.4, -0.2) is 15.7 Å². The first-order valence-corrected chi connectivity index (χ1v) is 9.53. The molecule has 7 heteroatoms. The number of rotatable bonds is 5. The van der Waals surface area contributed by atoms with E-state index >= 15 is 0 Å². The van der Waals surface area contributed by atoms with Gasteiger partial charge in [0, 0.05) is 10.3 Å². The molecular weight excluding hydrogens is 377 g/mol. The Morgan fingerprint density at radius 1 is 1.11 bits per heavy atom. The molecule has 4 rings (SSSR count). The number of hydrogen-bond donors (Lipinski definition) is 1. The molecule has 0 spiro atoms. The Morgan fingerprint density at radius 2 is 1.89 bits per heavy atom. The summed E-state index contributed by atoms with van der Waals surface area (Å²) in [5, 5.41) is 9.53. The number of aromatic nitrogens is 2. The Hall–Kier alpha value is -3.32. The Balaban J connectivity index is 1.62. The highest BCUT2D eigenvalue weighted by atomic mass is 32.1. The number of nitrogens with one attached hydrogen (secondary N) is 1. The maximum Gasteiger partial charge on any atom is 0.242 e. The maximum absolute atomic E-state index is 13.3. The van der Waals surface area contributed by atoms with Crippen molar-refractivity contribution in [1.29, 1.82) is 0 Å². The van der Waals surface area contributed by atoms with Crippen LogP contribution in [0.3, 0.4) is 0 Å². The van der Waals surface area contributed by atoms with Crippen LogP contribution in [0.25, 0.3) is 10.9 Å². The van der Waals surface area contributed by atoms with Gasteiger partial charge in [-0.3, -0.25) is 14.3 Å². The molecule has 0 fully saturated rings. The molecule has 4 aromatic rings. The Morgan fingerprint density at radius 3 is 2.64 bits per heavy atom. The molecule has 2 aromatic carbocycles. The molecule has 1 N–H and O–H groups in total. The third-order valence-electron chi connectivity index (χ3n) is 4.39. The van der Waals surface area contributed by atoms with Crippen LogP contribution in [0.15, 0.2) is 77.0 Å². The minimum Gasteiger partial charge on any atom is -0.343 e. The van der Waals surface area contributed by atoms with Gasteiger partial charge in [0.25, 0.3) is 0 Å². The number of para-hydroxylation sites is 1. The van der Waals surface area contributed by atoms with E-state index in [2.05, 4.69) is 10.4 Å². The number of halogens is 1. The molecule has 0 saturated heterocycles. The first-order valence-electron chi connectivity index (χ1n) is 8.65. The lowest BCUT2D eigenvalue weighted by molar-refractivity contribution is -0.122. The van der Waals surface area contributed by atoms with Crippen molar-refractivity contribution in [2.45, 2.75) is 12.6 Å². The first kappa shape index (κ1) is 18.1. The van der Waals surface area contributed by atoms with Gasteiger partial charge in [0.1, 0.15) is 12.4 Å². The molecule has 0 aliphatic carbocycles. The summed E-state index contributed by atoms with van der Waals surface area (Å²) in [5.41, 5.74) is 1.20. The predicted molar refractivity (Wildman–Crippen MR) is 107 cm³/mol. The molecule has 2 aromatic heterocycles. The zero-order valence-corrected chi connectivity index (χ0v) is 15.5. The minimum atomic E-state index is -0.390. The monoisotopic (exact) mass is 393 g/mol. The number of thiophene rings is 1. The zero-order valence-electron chi connectivity index (χ0n) is 14.7. The highest BCUT2D eigenvalue weighted by Gasteiger charge is 2.19. The molecule has 28 heavy (non-hydrogen) atoms. The summed E-state index contributed by atoms with van der Waals surface area (Å²) in [6.45, 7) is -0.0378. The van der Waals surface area contributed by atoms with E-state index in [1.807, 2.05) is 17.5 Å². The van der Waals surface area contributed by atoms with Gasteiger partial charge >= 0.3 is 0 Å². The molecule has 140 valence electrons. The van der Waals surface area contributed by atoms with E-state index in [0.29, 0.717) is 10.9 Å². The molecule has 1 amide bonds. The second-order valence-electron chi connectivity index (χ2n) is 6.25. The van der Waals surface area contributed by atoms with Crippen LogP contribution >= 0.6 is 11.3 Å². The van der Waals surface area contributed by atoms with Crippen molar-refractivity contribution in [2.75, 3.05) is 0 Å². The van der Waals surface area contributed by atoms with Crippen LogP contribution in [0.4, 0.5) is 4.39 Å². The maximum atomic E-state index is 13.3. The van der Waals surface area contributed by atoms with Crippen molar-refractivity contribution >= 4 is 28.1 Å². The van der Waals surface area contributed by atoms with E-state index < -0.39 is 6.04 Å². The fourth-order valence-corrected chi connectivity index (χ4v) is 3.86. The van der Waals surface area contributed by atoms with Gasteiger partial charge < -0.3 is 5.32 Å². The van der Waals surface area contributed by atoms with Gasteiger partial charge in [-0.25, -0.2) is 4.39 Å². The second-order valence-corrected chi connectivity index (χ2v) is 7.23. The highest BCUT2D eigenvalue weighted by molar-refractivity contribution is 7.10. The van der Waals surface area contributed by atoms with E-state index in [4.69, 9.17) is 0 Å². The van der Waals surface area contributed by atoms with Crippen molar-refractivity contribution in [3.8, 4) is 0 Å². The molecule has 0 aliphatic heterocycles. The molecular formula is C21H16FN3O2S. The summed E-state index contributed by atoms with van der Waals surface area (Å²) in [6.07, 6.45) is 1.21. The van der Waals surface area contributed by atoms with Gasteiger partial charge in [-0.2, -0.15) is 5.10 Å². The lowest BCUT2D eigenvalue weighted by Gasteiger charge is -2.19. The molecule has 0 saturated carbocycles. The van der Waals surface area contributed by atoms with Crippen molar-refractivity contribution in [3.05, 3.63) is 98.7 Å². The van der Waals surface area contributed by atoms with Gasteiger partial charge in [-0.15, -0.1) is 11.3 Å². The number of hydrogen-bond acceptors (Lipinski definition) is 4. The van der Waals surface area contributed by atoms with Gasteiger partial charge in [0.05, 0.1) is 17.8 Å². The van der Waals surface area contributed by atoms with Crippen LogP contribution in [0.1, 0.15) is 16.5 Å². The molecule has 0 bridgehead atoms. The number of fused-ring (bicyclic) bond motifs is 1. The average Bonchev–Trinajstić information content (AvgIpc) is 3.24. The highest BCUT2D eigenvalue weighted by Crippen LogP contribution is 2.26. The molecule has 1 atom stereocenters. The molecule has 0 radical (unpaired) electrons. The fourth-order valence-electron chi connectivity index (χ4n) is 3.06. The molecule has 0 aliphatic rings. The van der Waals surface area contributed by atoms with Crippen molar-refractivity contribution in [2.24, 2.45) is 0 Å². The minimum absolute atomic E-state index is 0.0378. The van der Waals surface area contributed by atoms with Crippen LogP contribution < -0.4 is 10.7 Å². The van der Waals surface area contributed by atoms with Gasteiger partial charge in [0.2, 0.25) is 11.3 Å².